The Kier molecular flexibility index (Phi) is 4.90. The molecule has 0 unspecified atom stereocenters. The average Bonchev–Trinajstić information content (AvgIpc) is 3.17. The van der Waals surface area contributed by atoms with Gasteiger partial charge in [0.1, 0.15) is 4.90 Å². The maximum Gasteiger partial charge on any atom is 0.244 e. The topological polar surface area (TPSA) is 72.6 Å². The second kappa shape index (κ2) is 6.30. The lowest BCUT2D eigenvalue weighted by Gasteiger charge is -2.18. The Morgan fingerprint density at radius 2 is 2.15 bits per heavy atom. The van der Waals surface area contributed by atoms with Crippen LogP contribution in [0.2, 0.25) is 5.02 Å². The number of ether oxygens (including phenoxy) is 1. The molecule has 0 amide bonds. The molecule has 0 bridgehead atoms. The fourth-order valence-corrected chi connectivity index (χ4v) is 3.42. The summed E-state index contributed by atoms with van der Waals surface area (Å²) < 4.78 is 31.4. The van der Waals surface area contributed by atoms with Crippen LogP contribution in [0.15, 0.2) is 23.1 Å². The van der Waals surface area contributed by atoms with Crippen molar-refractivity contribution >= 4 is 27.3 Å². The third kappa shape index (κ3) is 3.85. The SMILES string of the molecule is CN(CCOCC1CC1)S(=O)(=O)c1ccc(N)cc1Cl. The van der Waals surface area contributed by atoms with Crippen LogP contribution in [0, 0.1) is 5.92 Å². The highest BCUT2D eigenvalue weighted by atomic mass is 35.5. The molecule has 7 heteroatoms. The molecule has 1 fully saturated rings. The molecule has 0 atom stereocenters. The van der Waals surface area contributed by atoms with Gasteiger partial charge in [-0.2, -0.15) is 4.31 Å². The molecule has 0 aliphatic heterocycles. The van der Waals surface area contributed by atoms with Crippen molar-refractivity contribution in [2.45, 2.75) is 17.7 Å². The molecule has 1 saturated carbocycles. The van der Waals surface area contributed by atoms with Gasteiger partial charge in [-0.05, 0) is 37.0 Å². The summed E-state index contributed by atoms with van der Waals surface area (Å²) in [5, 5.41) is 0.135. The third-order valence-electron chi connectivity index (χ3n) is 3.25. The van der Waals surface area contributed by atoms with Gasteiger partial charge in [-0.1, -0.05) is 11.6 Å². The van der Waals surface area contributed by atoms with E-state index in [2.05, 4.69) is 0 Å². The van der Waals surface area contributed by atoms with Crippen LogP contribution in [0.4, 0.5) is 5.69 Å². The van der Waals surface area contributed by atoms with E-state index in [0.717, 1.165) is 6.61 Å². The van der Waals surface area contributed by atoms with Crippen LogP contribution < -0.4 is 5.73 Å². The first-order valence-corrected chi connectivity index (χ1v) is 8.32. The van der Waals surface area contributed by atoms with Crippen molar-refractivity contribution in [1.82, 2.24) is 4.31 Å². The molecule has 20 heavy (non-hydrogen) atoms. The Hall–Kier alpha value is -0.820. The number of nitrogen functional groups attached to an aromatic ring is 1. The van der Waals surface area contributed by atoms with Crippen LogP contribution in [-0.2, 0) is 14.8 Å². The van der Waals surface area contributed by atoms with Crippen molar-refractivity contribution in [1.29, 1.82) is 0 Å². The summed E-state index contributed by atoms with van der Waals surface area (Å²) in [6.07, 6.45) is 2.43. The van der Waals surface area contributed by atoms with Crippen molar-refractivity contribution in [3.63, 3.8) is 0 Å². The van der Waals surface area contributed by atoms with E-state index in [0.29, 0.717) is 24.8 Å². The van der Waals surface area contributed by atoms with Crippen LogP contribution in [-0.4, -0.2) is 39.5 Å². The smallest absolute Gasteiger partial charge is 0.244 e. The highest BCUT2D eigenvalue weighted by Crippen LogP contribution is 2.29. The van der Waals surface area contributed by atoms with E-state index in [4.69, 9.17) is 22.1 Å². The first kappa shape index (κ1) is 15.6. The van der Waals surface area contributed by atoms with E-state index >= 15 is 0 Å². The number of rotatable bonds is 7. The number of sulfonamides is 1. The summed E-state index contributed by atoms with van der Waals surface area (Å²) in [5.74, 6) is 0.670. The molecule has 1 aliphatic rings. The van der Waals surface area contributed by atoms with Crippen LogP contribution in [0.1, 0.15) is 12.8 Å². The van der Waals surface area contributed by atoms with Gasteiger partial charge in [0.05, 0.1) is 11.6 Å². The molecule has 0 heterocycles. The number of halogens is 1. The minimum Gasteiger partial charge on any atom is -0.399 e. The van der Waals surface area contributed by atoms with Crippen molar-refractivity contribution in [3.8, 4) is 0 Å². The number of anilines is 1. The zero-order valence-corrected chi connectivity index (χ0v) is 13.0. The Labute approximate surface area is 124 Å². The molecular weight excluding hydrogens is 300 g/mol. The van der Waals surface area contributed by atoms with Gasteiger partial charge in [0.15, 0.2) is 0 Å². The molecular formula is C13H19ClN2O3S. The second-order valence-electron chi connectivity index (χ2n) is 5.03. The van der Waals surface area contributed by atoms with E-state index in [1.807, 2.05) is 0 Å². The Morgan fingerprint density at radius 3 is 2.75 bits per heavy atom. The summed E-state index contributed by atoms with van der Waals surface area (Å²) >= 11 is 5.95. The number of hydrogen-bond donors (Lipinski definition) is 1. The standard InChI is InChI=1S/C13H19ClN2O3S/c1-16(6-7-19-9-10-2-3-10)20(17,18)13-5-4-11(15)8-12(13)14/h4-5,8,10H,2-3,6-7,9,15H2,1H3. The minimum absolute atomic E-state index is 0.0676. The van der Waals surface area contributed by atoms with E-state index in [-0.39, 0.29) is 9.92 Å². The fourth-order valence-electron chi connectivity index (χ4n) is 1.74. The molecule has 112 valence electrons. The van der Waals surface area contributed by atoms with E-state index in [1.54, 1.807) is 0 Å². The van der Waals surface area contributed by atoms with Crippen LogP contribution in [0.25, 0.3) is 0 Å². The number of nitrogens with two attached hydrogens (primary N) is 1. The lowest BCUT2D eigenvalue weighted by Crippen LogP contribution is -2.30. The molecule has 0 saturated heterocycles. The molecule has 0 aromatic heterocycles. The normalized spacial score (nSPS) is 15.8. The highest BCUT2D eigenvalue weighted by Gasteiger charge is 2.24. The molecule has 1 aromatic carbocycles. The number of nitrogens with zero attached hydrogens (tertiary/aromatic N) is 1. The van der Waals surface area contributed by atoms with Gasteiger partial charge < -0.3 is 10.5 Å². The maximum absolute atomic E-state index is 12.3. The van der Waals surface area contributed by atoms with Crippen molar-refractivity contribution in [2.75, 3.05) is 32.5 Å². The number of hydrogen-bond acceptors (Lipinski definition) is 4. The minimum atomic E-state index is -3.61. The zero-order chi connectivity index (χ0) is 14.8. The van der Waals surface area contributed by atoms with Crippen molar-refractivity contribution < 1.29 is 13.2 Å². The fraction of sp³-hybridized carbons (Fsp3) is 0.538. The van der Waals surface area contributed by atoms with Crippen molar-refractivity contribution in [3.05, 3.63) is 23.2 Å². The van der Waals surface area contributed by atoms with Gasteiger partial charge >= 0.3 is 0 Å². The molecule has 1 aromatic rings. The first-order chi connectivity index (χ1) is 9.41. The van der Waals surface area contributed by atoms with Gasteiger partial charge in [0.2, 0.25) is 10.0 Å². The molecule has 2 rings (SSSR count). The quantitative estimate of drug-likeness (QED) is 0.616. The molecule has 0 radical (unpaired) electrons. The number of benzene rings is 1. The molecule has 2 N–H and O–H groups in total. The monoisotopic (exact) mass is 318 g/mol. The predicted octanol–water partition coefficient (Wildman–Crippen LogP) is 1.97. The summed E-state index contributed by atoms with van der Waals surface area (Å²) in [5.41, 5.74) is 6.00. The first-order valence-electron chi connectivity index (χ1n) is 6.50. The number of likely N-dealkylation sites (N-methyl/N-ethyl adjacent to an activating group) is 1. The van der Waals surface area contributed by atoms with Crippen LogP contribution in [0.3, 0.4) is 0 Å². The van der Waals surface area contributed by atoms with E-state index in [1.165, 1.54) is 42.4 Å². The second-order valence-corrected chi connectivity index (χ2v) is 7.46. The average molecular weight is 319 g/mol. The molecule has 1 aliphatic carbocycles. The molecule has 5 nitrogen and oxygen atoms in total. The largest absolute Gasteiger partial charge is 0.399 e. The van der Waals surface area contributed by atoms with Gasteiger partial charge in [-0.15, -0.1) is 0 Å². The van der Waals surface area contributed by atoms with Gasteiger partial charge in [-0.3, -0.25) is 0 Å². The third-order valence-corrected chi connectivity index (χ3v) is 5.58. The lowest BCUT2D eigenvalue weighted by atomic mass is 10.3. The lowest BCUT2D eigenvalue weighted by molar-refractivity contribution is 0.117. The highest BCUT2D eigenvalue weighted by molar-refractivity contribution is 7.89. The zero-order valence-electron chi connectivity index (χ0n) is 11.4. The summed E-state index contributed by atoms with van der Waals surface area (Å²) in [7, 11) is -2.09. The predicted molar refractivity (Wildman–Crippen MR) is 79.2 cm³/mol. The summed E-state index contributed by atoms with van der Waals surface area (Å²) in [6, 6.07) is 4.39. The summed E-state index contributed by atoms with van der Waals surface area (Å²) in [6.45, 7) is 1.41. The Morgan fingerprint density at radius 1 is 1.45 bits per heavy atom. The van der Waals surface area contributed by atoms with Crippen molar-refractivity contribution in [2.24, 2.45) is 5.92 Å². The summed E-state index contributed by atoms with van der Waals surface area (Å²) in [4.78, 5) is 0.0676. The van der Waals surface area contributed by atoms with Gasteiger partial charge in [-0.25, -0.2) is 8.42 Å². The van der Waals surface area contributed by atoms with E-state index in [9.17, 15) is 8.42 Å². The maximum atomic E-state index is 12.3. The van der Waals surface area contributed by atoms with Gasteiger partial charge in [0.25, 0.3) is 0 Å². The van der Waals surface area contributed by atoms with E-state index < -0.39 is 10.0 Å². The van der Waals surface area contributed by atoms with Crippen LogP contribution in [0.5, 0.6) is 0 Å². The Balaban J connectivity index is 1.96. The van der Waals surface area contributed by atoms with Crippen LogP contribution >= 0.6 is 11.6 Å². The molecule has 0 spiro atoms. The van der Waals surface area contributed by atoms with Gasteiger partial charge in [0, 0.05) is 25.9 Å². The Bertz CT molecular complexity index is 573.